The summed E-state index contributed by atoms with van der Waals surface area (Å²) in [6.07, 6.45) is 2.82. The molecule has 0 aliphatic heterocycles. The van der Waals surface area contributed by atoms with Crippen LogP contribution < -0.4 is 5.32 Å². The van der Waals surface area contributed by atoms with Crippen LogP contribution in [0.2, 0.25) is 0 Å². The number of hydrogen-bond donors (Lipinski definition) is 1. The van der Waals surface area contributed by atoms with Crippen molar-refractivity contribution in [2.24, 2.45) is 0 Å². The number of ether oxygens (including phenoxy) is 2. The molecule has 0 fully saturated rings. The molecular formula is C22H21N3O4. The fraction of sp³-hybridized carbons (Fsp3) is 0.273. The minimum Gasteiger partial charge on any atom is -0.462 e. The summed E-state index contributed by atoms with van der Waals surface area (Å²) in [5.41, 5.74) is 3.94. The average molecular weight is 391 g/mol. The summed E-state index contributed by atoms with van der Waals surface area (Å²) < 4.78 is 10.0. The van der Waals surface area contributed by atoms with Crippen LogP contribution in [0.1, 0.15) is 35.3 Å². The van der Waals surface area contributed by atoms with Crippen LogP contribution in [-0.2, 0) is 27.1 Å². The predicted molar refractivity (Wildman–Crippen MR) is 107 cm³/mol. The van der Waals surface area contributed by atoms with Gasteiger partial charge in [0.05, 0.1) is 18.9 Å². The molecule has 1 aliphatic rings. The Balaban J connectivity index is 2.06. The van der Waals surface area contributed by atoms with Crippen molar-refractivity contribution in [3.05, 3.63) is 58.8 Å². The lowest BCUT2D eigenvalue weighted by atomic mass is 9.88. The molecule has 0 amide bonds. The number of anilines is 1. The summed E-state index contributed by atoms with van der Waals surface area (Å²) >= 11 is 0. The van der Waals surface area contributed by atoms with Gasteiger partial charge in [-0.25, -0.2) is 14.6 Å². The molecule has 2 aromatic rings. The van der Waals surface area contributed by atoms with Crippen LogP contribution in [0.3, 0.4) is 0 Å². The number of rotatable bonds is 6. The predicted octanol–water partition coefficient (Wildman–Crippen LogP) is 3.41. The van der Waals surface area contributed by atoms with E-state index in [1.54, 1.807) is 26.0 Å². The van der Waals surface area contributed by atoms with Crippen molar-refractivity contribution in [2.75, 3.05) is 18.5 Å². The number of benzene rings is 1. The van der Waals surface area contributed by atoms with Crippen LogP contribution in [0, 0.1) is 11.3 Å². The van der Waals surface area contributed by atoms with Crippen LogP contribution >= 0.6 is 0 Å². The van der Waals surface area contributed by atoms with Crippen molar-refractivity contribution < 1.29 is 19.1 Å². The second-order valence-corrected chi connectivity index (χ2v) is 6.30. The number of hydrogen-bond acceptors (Lipinski definition) is 7. The lowest BCUT2D eigenvalue weighted by Gasteiger charge is -2.21. The summed E-state index contributed by atoms with van der Waals surface area (Å²) in [6, 6.07) is 11.5. The van der Waals surface area contributed by atoms with Gasteiger partial charge in [-0.15, -0.1) is 0 Å². The molecule has 29 heavy (non-hydrogen) atoms. The van der Waals surface area contributed by atoms with Crippen molar-refractivity contribution in [3.8, 4) is 17.3 Å². The molecule has 7 nitrogen and oxygen atoms in total. The highest BCUT2D eigenvalue weighted by Gasteiger charge is 2.23. The molecule has 1 aliphatic carbocycles. The molecule has 3 rings (SSSR count). The van der Waals surface area contributed by atoms with Crippen molar-refractivity contribution in [2.45, 2.75) is 26.7 Å². The van der Waals surface area contributed by atoms with Gasteiger partial charge in [0.15, 0.2) is 5.57 Å². The Morgan fingerprint density at radius 1 is 1.17 bits per heavy atom. The minimum atomic E-state index is -0.747. The monoisotopic (exact) mass is 391 g/mol. The van der Waals surface area contributed by atoms with E-state index in [-0.39, 0.29) is 30.2 Å². The van der Waals surface area contributed by atoms with Crippen molar-refractivity contribution in [1.29, 1.82) is 5.26 Å². The zero-order chi connectivity index (χ0) is 20.8. The first kappa shape index (κ1) is 20.1. The van der Waals surface area contributed by atoms with E-state index < -0.39 is 11.9 Å². The van der Waals surface area contributed by atoms with Gasteiger partial charge in [0.1, 0.15) is 17.5 Å². The van der Waals surface area contributed by atoms with Crippen LogP contribution in [0.15, 0.2) is 42.1 Å². The Hall–Kier alpha value is -3.66. The smallest absolute Gasteiger partial charge is 0.350 e. The van der Waals surface area contributed by atoms with Gasteiger partial charge in [0.2, 0.25) is 0 Å². The molecule has 1 heterocycles. The molecule has 0 spiro atoms. The van der Waals surface area contributed by atoms with Gasteiger partial charge in [0, 0.05) is 11.8 Å². The third kappa shape index (κ3) is 4.27. The second-order valence-electron chi connectivity index (χ2n) is 6.30. The summed E-state index contributed by atoms with van der Waals surface area (Å²) in [5, 5.41) is 12.0. The van der Waals surface area contributed by atoms with Crippen molar-refractivity contribution >= 4 is 17.8 Å². The average Bonchev–Trinajstić information content (AvgIpc) is 2.74. The number of carbonyl (C=O) groups excluding carboxylic acids is 2. The first-order valence-electron chi connectivity index (χ1n) is 9.42. The van der Waals surface area contributed by atoms with Gasteiger partial charge in [0.25, 0.3) is 0 Å². The lowest BCUT2D eigenvalue weighted by molar-refractivity contribution is -0.138. The van der Waals surface area contributed by atoms with Crippen LogP contribution in [0.25, 0.3) is 11.3 Å². The van der Waals surface area contributed by atoms with Crippen LogP contribution in [0.5, 0.6) is 0 Å². The van der Waals surface area contributed by atoms with Gasteiger partial charge < -0.3 is 14.8 Å². The Kier molecular flexibility index (Phi) is 6.25. The molecule has 1 aromatic heterocycles. The van der Waals surface area contributed by atoms with Crippen LogP contribution in [-0.4, -0.2) is 30.1 Å². The Morgan fingerprint density at radius 2 is 1.90 bits per heavy atom. The number of nitriles is 1. The van der Waals surface area contributed by atoms with E-state index in [2.05, 4.69) is 16.4 Å². The van der Waals surface area contributed by atoms with E-state index >= 15 is 0 Å². The minimum absolute atomic E-state index is 0.153. The molecule has 0 unspecified atom stereocenters. The Bertz CT molecular complexity index is 1020. The van der Waals surface area contributed by atoms with Gasteiger partial charge >= 0.3 is 11.9 Å². The van der Waals surface area contributed by atoms with E-state index in [4.69, 9.17) is 9.47 Å². The van der Waals surface area contributed by atoms with E-state index in [0.717, 1.165) is 29.7 Å². The number of aryl methyl sites for hydroxylation is 2. The van der Waals surface area contributed by atoms with Crippen molar-refractivity contribution in [3.63, 3.8) is 0 Å². The molecule has 1 aromatic carbocycles. The van der Waals surface area contributed by atoms with Crippen LogP contribution in [0.4, 0.5) is 5.82 Å². The third-order valence-corrected chi connectivity index (χ3v) is 4.50. The largest absolute Gasteiger partial charge is 0.462 e. The second kappa shape index (κ2) is 9.02. The number of carbonyl (C=O) groups is 2. The molecule has 1 N–H and O–H groups in total. The van der Waals surface area contributed by atoms with Gasteiger partial charge in [-0.2, -0.15) is 5.26 Å². The summed E-state index contributed by atoms with van der Waals surface area (Å²) in [5.74, 6) is -1.05. The standard InChI is InChI=1S/C22H21N3O4/c1-3-28-21(26)16(12-23)13-24-20-18(22(27)29-4-2)11-15-10-9-14-7-5-6-8-17(14)19(15)25-20/h5-8,11,13H,3-4,9-10H2,1-2H3,(H,24,25)/b16-13+. The SMILES string of the molecule is CCOC(=O)/C(C#N)=C/Nc1nc2c(cc1C(=O)OCC)CCc1ccccc1-2. The zero-order valence-electron chi connectivity index (χ0n) is 16.3. The topological polar surface area (TPSA) is 101 Å². The van der Waals surface area contributed by atoms with Gasteiger partial charge in [-0.05, 0) is 43.9 Å². The third-order valence-electron chi connectivity index (χ3n) is 4.50. The Morgan fingerprint density at radius 3 is 2.62 bits per heavy atom. The highest BCUT2D eigenvalue weighted by atomic mass is 16.5. The maximum absolute atomic E-state index is 12.5. The molecule has 0 radical (unpaired) electrons. The van der Waals surface area contributed by atoms with Gasteiger partial charge in [-0.1, -0.05) is 24.3 Å². The maximum Gasteiger partial charge on any atom is 0.350 e. The quantitative estimate of drug-likeness (QED) is 0.457. The summed E-state index contributed by atoms with van der Waals surface area (Å²) in [4.78, 5) is 29.0. The first-order valence-corrected chi connectivity index (χ1v) is 9.42. The number of fused-ring (bicyclic) bond motifs is 3. The molecular weight excluding hydrogens is 370 g/mol. The number of aromatic nitrogens is 1. The molecule has 0 atom stereocenters. The maximum atomic E-state index is 12.5. The molecule has 0 saturated heterocycles. The number of esters is 2. The fourth-order valence-electron chi connectivity index (χ4n) is 3.18. The highest BCUT2D eigenvalue weighted by molar-refractivity contribution is 5.97. The zero-order valence-corrected chi connectivity index (χ0v) is 16.3. The molecule has 0 bridgehead atoms. The Labute approximate surface area is 169 Å². The number of nitrogens with zero attached hydrogens (tertiary/aromatic N) is 2. The molecule has 148 valence electrons. The van der Waals surface area contributed by atoms with E-state index in [9.17, 15) is 14.9 Å². The fourth-order valence-corrected chi connectivity index (χ4v) is 3.18. The highest BCUT2D eigenvalue weighted by Crippen LogP contribution is 2.34. The summed E-state index contributed by atoms with van der Waals surface area (Å²) in [7, 11) is 0. The normalized spacial score (nSPS) is 12.2. The van der Waals surface area contributed by atoms with Gasteiger partial charge in [-0.3, -0.25) is 0 Å². The number of pyridine rings is 1. The lowest BCUT2D eigenvalue weighted by Crippen LogP contribution is -2.15. The first-order chi connectivity index (χ1) is 14.1. The van der Waals surface area contributed by atoms with E-state index in [0.29, 0.717) is 0 Å². The van der Waals surface area contributed by atoms with E-state index in [1.165, 1.54) is 11.8 Å². The molecule has 0 saturated carbocycles. The van der Waals surface area contributed by atoms with Crippen molar-refractivity contribution in [1.82, 2.24) is 4.98 Å². The summed E-state index contributed by atoms with van der Waals surface area (Å²) in [6.45, 7) is 3.75. The van der Waals surface area contributed by atoms with E-state index in [1.807, 2.05) is 18.2 Å². The molecule has 7 heteroatoms. The number of nitrogens with one attached hydrogen (secondary N) is 1.